The summed E-state index contributed by atoms with van der Waals surface area (Å²) in [5.74, 6) is 2.69. The quantitative estimate of drug-likeness (QED) is 0.594. The lowest BCUT2D eigenvalue weighted by atomic mass is 9.45. The number of aliphatic hydroxyl groups is 1. The predicted octanol–water partition coefficient (Wildman–Crippen LogP) is 4.51. The van der Waals surface area contributed by atoms with Crippen LogP contribution >= 0.6 is 15.9 Å². The summed E-state index contributed by atoms with van der Waals surface area (Å²) >= 11 is 3.97. The van der Waals surface area contributed by atoms with E-state index in [4.69, 9.17) is 9.47 Å². The van der Waals surface area contributed by atoms with Crippen molar-refractivity contribution < 1.29 is 14.6 Å². The van der Waals surface area contributed by atoms with Gasteiger partial charge in [0.15, 0.2) is 5.79 Å². The fraction of sp³-hybridized carbons (Fsp3) is 1.00. The summed E-state index contributed by atoms with van der Waals surface area (Å²) in [7, 11) is 0. The first-order chi connectivity index (χ1) is 11.9. The Morgan fingerprint density at radius 1 is 0.920 bits per heavy atom. The normalized spacial score (nSPS) is 57.1. The molecule has 1 spiro atoms. The van der Waals surface area contributed by atoms with Crippen LogP contribution < -0.4 is 0 Å². The highest BCUT2D eigenvalue weighted by molar-refractivity contribution is 9.09. The smallest absolute Gasteiger partial charge is 0.186 e. The van der Waals surface area contributed by atoms with Crippen LogP contribution in [-0.2, 0) is 9.47 Å². The first kappa shape index (κ1) is 17.5. The SMILES string of the molecule is C[C@]12CCC3C(CC[C@H]4C[C@@H](O)CC[C@]34C)C1C[C@@H](Br)C21OCCO1. The van der Waals surface area contributed by atoms with Crippen LogP contribution in [0.5, 0.6) is 0 Å². The molecule has 0 aromatic heterocycles. The van der Waals surface area contributed by atoms with Crippen LogP contribution in [0.4, 0.5) is 0 Å². The van der Waals surface area contributed by atoms with Crippen molar-refractivity contribution in [3.8, 4) is 0 Å². The Hall–Kier alpha value is 0.360. The molecule has 5 rings (SSSR count). The van der Waals surface area contributed by atoms with Crippen LogP contribution in [-0.4, -0.2) is 35.0 Å². The van der Waals surface area contributed by atoms with Gasteiger partial charge in [-0.15, -0.1) is 0 Å². The highest BCUT2D eigenvalue weighted by Gasteiger charge is 2.70. The number of halogens is 1. The molecule has 1 heterocycles. The minimum atomic E-state index is -0.386. The molecule has 0 bridgehead atoms. The summed E-state index contributed by atoms with van der Waals surface area (Å²) in [6.07, 6.45) is 9.61. The molecular formula is C21H33BrO3. The Morgan fingerprint density at radius 3 is 2.44 bits per heavy atom. The maximum atomic E-state index is 10.2. The lowest BCUT2D eigenvalue weighted by Crippen LogP contribution is -2.58. The molecule has 5 aliphatic rings. The van der Waals surface area contributed by atoms with Crippen LogP contribution in [0, 0.1) is 34.5 Å². The maximum Gasteiger partial charge on any atom is 0.186 e. The van der Waals surface area contributed by atoms with E-state index < -0.39 is 0 Å². The zero-order valence-corrected chi connectivity index (χ0v) is 17.3. The molecule has 8 atom stereocenters. The van der Waals surface area contributed by atoms with Crippen molar-refractivity contribution in [2.75, 3.05) is 13.2 Å². The number of fused-ring (bicyclic) bond motifs is 6. The van der Waals surface area contributed by atoms with E-state index >= 15 is 0 Å². The van der Waals surface area contributed by atoms with Gasteiger partial charge in [-0.2, -0.15) is 0 Å². The van der Waals surface area contributed by atoms with Crippen molar-refractivity contribution in [2.45, 2.75) is 81.9 Å². The molecule has 0 radical (unpaired) electrons. The van der Waals surface area contributed by atoms with Gasteiger partial charge in [0, 0.05) is 5.41 Å². The third kappa shape index (κ3) is 2.14. The van der Waals surface area contributed by atoms with Crippen molar-refractivity contribution in [3.05, 3.63) is 0 Å². The van der Waals surface area contributed by atoms with Gasteiger partial charge < -0.3 is 14.6 Å². The Bertz CT molecular complexity index is 547. The van der Waals surface area contributed by atoms with Crippen LogP contribution in [0.2, 0.25) is 0 Å². The molecule has 1 aliphatic heterocycles. The molecule has 4 heteroatoms. The van der Waals surface area contributed by atoms with E-state index in [1.54, 1.807) is 0 Å². The third-order valence-corrected chi connectivity index (χ3v) is 10.4. The Labute approximate surface area is 160 Å². The summed E-state index contributed by atoms with van der Waals surface area (Å²) < 4.78 is 12.6. The molecule has 3 nitrogen and oxygen atoms in total. The molecule has 5 fully saturated rings. The van der Waals surface area contributed by atoms with E-state index in [0.717, 1.165) is 43.8 Å². The number of ether oxygens (including phenoxy) is 2. The average molecular weight is 413 g/mol. The van der Waals surface area contributed by atoms with Gasteiger partial charge in [-0.05, 0) is 80.5 Å². The van der Waals surface area contributed by atoms with Crippen molar-refractivity contribution in [2.24, 2.45) is 34.5 Å². The van der Waals surface area contributed by atoms with Crippen LogP contribution in [0.1, 0.15) is 65.2 Å². The zero-order valence-electron chi connectivity index (χ0n) is 15.7. The van der Waals surface area contributed by atoms with E-state index in [2.05, 4.69) is 29.8 Å². The van der Waals surface area contributed by atoms with Gasteiger partial charge in [-0.25, -0.2) is 0 Å². The van der Waals surface area contributed by atoms with Crippen LogP contribution in [0.25, 0.3) is 0 Å². The first-order valence-electron chi connectivity index (χ1n) is 10.5. The van der Waals surface area contributed by atoms with Crippen LogP contribution in [0.15, 0.2) is 0 Å². The number of hydrogen-bond acceptors (Lipinski definition) is 3. The van der Waals surface area contributed by atoms with Gasteiger partial charge in [-0.1, -0.05) is 29.8 Å². The first-order valence-corrected chi connectivity index (χ1v) is 11.4. The van der Waals surface area contributed by atoms with Gasteiger partial charge in [0.2, 0.25) is 0 Å². The van der Waals surface area contributed by atoms with Gasteiger partial charge >= 0.3 is 0 Å². The Kier molecular flexibility index (Phi) is 3.97. The largest absolute Gasteiger partial charge is 0.393 e. The monoisotopic (exact) mass is 412 g/mol. The summed E-state index contributed by atoms with van der Waals surface area (Å²) in [6, 6.07) is 0. The lowest BCUT2D eigenvalue weighted by molar-refractivity contribution is -0.244. The van der Waals surface area contributed by atoms with Crippen LogP contribution in [0.3, 0.4) is 0 Å². The Balaban J connectivity index is 1.47. The van der Waals surface area contributed by atoms with Gasteiger partial charge in [0.25, 0.3) is 0 Å². The van der Waals surface area contributed by atoms with E-state index in [1.165, 1.54) is 38.5 Å². The fourth-order valence-electron chi connectivity index (χ4n) is 8.10. The van der Waals surface area contributed by atoms with Gasteiger partial charge in [0.05, 0.1) is 24.1 Å². The van der Waals surface area contributed by atoms with Gasteiger partial charge in [-0.3, -0.25) is 0 Å². The molecule has 25 heavy (non-hydrogen) atoms. The minimum Gasteiger partial charge on any atom is -0.393 e. The Morgan fingerprint density at radius 2 is 1.68 bits per heavy atom. The van der Waals surface area contributed by atoms with Crippen molar-refractivity contribution in [3.63, 3.8) is 0 Å². The number of rotatable bonds is 0. The third-order valence-electron chi connectivity index (χ3n) is 9.41. The lowest BCUT2D eigenvalue weighted by Gasteiger charge is -2.61. The molecule has 3 unspecified atom stereocenters. The van der Waals surface area contributed by atoms with Crippen molar-refractivity contribution >= 4 is 15.9 Å². The second-order valence-electron chi connectivity index (χ2n) is 10.1. The van der Waals surface area contributed by atoms with Crippen molar-refractivity contribution in [1.82, 2.24) is 0 Å². The molecule has 142 valence electrons. The number of alkyl halides is 1. The predicted molar refractivity (Wildman–Crippen MR) is 100 cm³/mol. The molecule has 0 amide bonds. The molecule has 1 N–H and O–H groups in total. The van der Waals surface area contributed by atoms with E-state index in [1.807, 2.05) is 0 Å². The van der Waals surface area contributed by atoms with E-state index in [0.29, 0.717) is 16.2 Å². The molecule has 4 aliphatic carbocycles. The summed E-state index contributed by atoms with van der Waals surface area (Å²) in [5.41, 5.74) is 0.592. The summed E-state index contributed by atoms with van der Waals surface area (Å²) in [4.78, 5) is 0.329. The van der Waals surface area contributed by atoms with E-state index in [9.17, 15) is 5.11 Å². The van der Waals surface area contributed by atoms with Crippen molar-refractivity contribution in [1.29, 1.82) is 0 Å². The maximum absolute atomic E-state index is 10.2. The molecular weight excluding hydrogens is 380 g/mol. The van der Waals surface area contributed by atoms with Gasteiger partial charge in [0.1, 0.15) is 0 Å². The second kappa shape index (κ2) is 5.68. The molecule has 0 aromatic rings. The highest BCUT2D eigenvalue weighted by Crippen LogP contribution is 2.70. The summed E-state index contributed by atoms with van der Waals surface area (Å²) in [6.45, 7) is 6.51. The topological polar surface area (TPSA) is 38.7 Å². The molecule has 0 aromatic carbocycles. The summed E-state index contributed by atoms with van der Waals surface area (Å²) in [5, 5.41) is 10.2. The average Bonchev–Trinajstić information content (AvgIpc) is 3.16. The molecule has 4 saturated carbocycles. The highest BCUT2D eigenvalue weighted by atomic mass is 79.9. The number of aliphatic hydroxyl groups excluding tert-OH is 1. The zero-order chi connectivity index (χ0) is 17.4. The minimum absolute atomic E-state index is 0.0505. The number of hydrogen-bond donors (Lipinski definition) is 1. The standard InChI is InChI=1S/C21H33BrO3/c1-19-7-5-14(23)11-13(19)3-4-15-16(19)6-8-20(2)17(15)12-18(22)21(20)24-9-10-25-21/h13-18,23H,3-12H2,1-2H3/t13-,14-,15?,16?,17?,18+,19-,20-/m0/s1. The fourth-order valence-corrected chi connectivity index (χ4v) is 9.29. The van der Waals surface area contributed by atoms with E-state index in [-0.39, 0.29) is 17.3 Å². The molecule has 1 saturated heterocycles. The second-order valence-corrected chi connectivity index (χ2v) is 11.2.